The summed E-state index contributed by atoms with van der Waals surface area (Å²) in [7, 11) is 0. The second kappa shape index (κ2) is 7.60. The summed E-state index contributed by atoms with van der Waals surface area (Å²) in [6.45, 7) is 4.41. The van der Waals surface area contributed by atoms with Gasteiger partial charge in [-0.05, 0) is 19.8 Å². The summed E-state index contributed by atoms with van der Waals surface area (Å²) in [5.74, 6) is 1.39. The Labute approximate surface area is 125 Å². The van der Waals surface area contributed by atoms with Crippen LogP contribution in [0.15, 0.2) is 15.6 Å². The van der Waals surface area contributed by atoms with Crippen molar-refractivity contribution in [3.05, 3.63) is 17.5 Å². The minimum atomic E-state index is 0. The molecule has 0 aliphatic carbocycles. The topological polar surface area (TPSA) is 67.7 Å². The van der Waals surface area contributed by atoms with Crippen LogP contribution in [-0.4, -0.2) is 29.1 Å². The first-order valence-electron chi connectivity index (χ1n) is 6.23. The molecule has 0 bridgehead atoms. The quantitative estimate of drug-likeness (QED) is 0.497. The number of halogens is 1. The molecule has 0 spiro atoms. The fourth-order valence-corrected chi connectivity index (χ4v) is 2.05. The average molecular weight is 364 g/mol. The highest BCUT2D eigenvalue weighted by Crippen LogP contribution is 2.10. The van der Waals surface area contributed by atoms with Crippen LogP contribution in [0.2, 0.25) is 0 Å². The van der Waals surface area contributed by atoms with Crippen LogP contribution in [0.1, 0.15) is 37.1 Å². The Morgan fingerprint density at radius 2 is 2.06 bits per heavy atom. The van der Waals surface area contributed by atoms with Crippen molar-refractivity contribution in [3.63, 3.8) is 0 Å². The molecule has 2 heterocycles. The first-order valence-corrected chi connectivity index (χ1v) is 6.23. The molecule has 6 heteroatoms. The van der Waals surface area contributed by atoms with E-state index in [9.17, 15) is 0 Å². The van der Waals surface area contributed by atoms with Crippen LogP contribution in [0.25, 0.3) is 0 Å². The van der Waals surface area contributed by atoms with Gasteiger partial charge in [-0.3, -0.25) is 0 Å². The van der Waals surface area contributed by atoms with E-state index in [1.165, 1.54) is 25.7 Å². The van der Waals surface area contributed by atoms with Crippen LogP contribution in [0.4, 0.5) is 0 Å². The number of aliphatic imine (C=N–C) groups is 1. The summed E-state index contributed by atoms with van der Waals surface area (Å²) >= 11 is 0. The van der Waals surface area contributed by atoms with Crippen LogP contribution >= 0.6 is 24.0 Å². The van der Waals surface area contributed by atoms with Crippen LogP contribution in [0, 0.1) is 6.92 Å². The molecule has 1 saturated heterocycles. The van der Waals surface area contributed by atoms with E-state index in [0.29, 0.717) is 12.5 Å². The molecule has 0 unspecified atom stereocenters. The molecular formula is C12H21IN4O. The predicted octanol–water partition coefficient (Wildman–Crippen LogP) is 2.29. The Hall–Kier alpha value is -0.790. The molecule has 18 heavy (non-hydrogen) atoms. The number of nitrogens with zero attached hydrogens (tertiary/aromatic N) is 3. The van der Waals surface area contributed by atoms with E-state index in [4.69, 9.17) is 10.3 Å². The summed E-state index contributed by atoms with van der Waals surface area (Å²) in [6, 6.07) is 1.89. The molecule has 0 atom stereocenters. The highest BCUT2D eigenvalue weighted by atomic mass is 127. The van der Waals surface area contributed by atoms with Gasteiger partial charge in [-0.25, -0.2) is 4.99 Å². The Morgan fingerprint density at radius 1 is 1.39 bits per heavy atom. The molecule has 0 saturated carbocycles. The van der Waals surface area contributed by atoms with Gasteiger partial charge in [0.05, 0.1) is 5.69 Å². The van der Waals surface area contributed by atoms with Gasteiger partial charge in [0.2, 0.25) is 0 Å². The molecule has 0 amide bonds. The lowest BCUT2D eigenvalue weighted by Gasteiger charge is -2.20. The Morgan fingerprint density at radius 3 is 2.61 bits per heavy atom. The first-order chi connectivity index (χ1) is 8.25. The van der Waals surface area contributed by atoms with Crippen molar-refractivity contribution in [3.8, 4) is 0 Å². The molecule has 0 radical (unpaired) electrons. The van der Waals surface area contributed by atoms with Crippen LogP contribution in [-0.2, 0) is 6.54 Å². The van der Waals surface area contributed by atoms with Gasteiger partial charge < -0.3 is 15.2 Å². The van der Waals surface area contributed by atoms with E-state index in [1.54, 1.807) is 0 Å². The van der Waals surface area contributed by atoms with Gasteiger partial charge in [-0.2, -0.15) is 0 Å². The molecule has 0 aromatic carbocycles. The van der Waals surface area contributed by atoms with Gasteiger partial charge in [0.25, 0.3) is 0 Å². The molecular weight excluding hydrogens is 343 g/mol. The first kappa shape index (κ1) is 15.3. The summed E-state index contributed by atoms with van der Waals surface area (Å²) in [4.78, 5) is 6.52. The van der Waals surface area contributed by atoms with Gasteiger partial charge in [0, 0.05) is 19.2 Å². The van der Waals surface area contributed by atoms with Crippen LogP contribution in [0.3, 0.4) is 0 Å². The van der Waals surface area contributed by atoms with Gasteiger partial charge in [-0.15, -0.1) is 24.0 Å². The SMILES string of the molecule is Cc1cc(CN=C(N)N2CCCCCC2)on1.I. The lowest BCUT2D eigenvalue weighted by Crippen LogP contribution is -2.38. The molecule has 5 nitrogen and oxygen atoms in total. The second-order valence-corrected chi connectivity index (χ2v) is 4.51. The Kier molecular flexibility index (Phi) is 6.45. The normalized spacial score (nSPS) is 17.2. The van der Waals surface area contributed by atoms with E-state index in [-0.39, 0.29) is 24.0 Å². The molecule has 2 N–H and O–H groups in total. The third-order valence-electron chi connectivity index (χ3n) is 3.00. The second-order valence-electron chi connectivity index (χ2n) is 4.51. The maximum atomic E-state index is 5.99. The van der Waals surface area contributed by atoms with Crippen LogP contribution in [0.5, 0.6) is 0 Å². The third-order valence-corrected chi connectivity index (χ3v) is 3.00. The number of likely N-dealkylation sites (tertiary alicyclic amines) is 1. The van der Waals surface area contributed by atoms with Crippen molar-refractivity contribution < 1.29 is 4.52 Å². The van der Waals surface area contributed by atoms with E-state index < -0.39 is 0 Å². The zero-order valence-electron chi connectivity index (χ0n) is 10.8. The van der Waals surface area contributed by atoms with Crippen molar-refractivity contribution in [1.82, 2.24) is 10.1 Å². The number of nitrogens with two attached hydrogens (primary N) is 1. The fourth-order valence-electron chi connectivity index (χ4n) is 2.05. The number of hydrogen-bond acceptors (Lipinski definition) is 3. The third kappa shape index (κ3) is 4.47. The molecule has 1 aromatic heterocycles. The molecule has 1 aliphatic heterocycles. The van der Waals surface area contributed by atoms with E-state index in [0.717, 1.165) is 24.5 Å². The standard InChI is InChI=1S/C12H20N4O.HI/c1-10-8-11(17-15-10)9-14-12(13)16-6-4-2-3-5-7-16;/h8H,2-7,9H2,1H3,(H2,13,14);1H. The van der Waals surface area contributed by atoms with E-state index >= 15 is 0 Å². The molecule has 1 aliphatic rings. The number of aromatic nitrogens is 1. The van der Waals surface area contributed by atoms with Crippen LogP contribution < -0.4 is 5.73 Å². The minimum Gasteiger partial charge on any atom is -0.370 e. The van der Waals surface area contributed by atoms with Crippen molar-refractivity contribution >= 4 is 29.9 Å². The van der Waals surface area contributed by atoms with Crippen molar-refractivity contribution in [2.45, 2.75) is 39.2 Å². The monoisotopic (exact) mass is 364 g/mol. The summed E-state index contributed by atoms with van der Waals surface area (Å²) < 4.78 is 5.10. The zero-order valence-corrected chi connectivity index (χ0v) is 13.1. The van der Waals surface area contributed by atoms with Gasteiger partial charge in [0.15, 0.2) is 11.7 Å². The van der Waals surface area contributed by atoms with Crippen molar-refractivity contribution in [2.24, 2.45) is 10.7 Å². The summed E-state index contributed by atoms with van der Waals surface area (Å²) in [6.07, 6.45) is 5.01. The van der Waals surface area contributed by atoms with Gasteiger partial charge >= 0.3 is 0 Å². The molecule has 2 rings (SSSR count). The number of rotatable bonds is 2. The molecule has 1 aromatic rings. The minimum absolute atomic E-state index is 0. The zero-order chi connectivity index (χ0) is 12.1. The lowest BCUT2D eigenvalue weighted by molar-refractivity contribution is 0.379. The number of guanidine groups is 1. The fraction of sp³-hybridized carbons (Fsp3) is 0.667. The molecule has 1 fully saturated rings. The van der Waals surface area contributed by atoms with E-state index in [1.807, 2.05) is 13.0 Å². The highest BCUT2D eigenvalue weighted by molar-refractivity contribution is 14.0. The highest BCUT2D eigenvalue weighted by Gasteiger charge is 2.10. The van der Waals surface area contributed by atoms with Crippen molar-refractivity contribution in [2.75, 3.05) is 13.1 Å². The van der Waals surface area contributed by atoms with Gasteiger partial charge in [0.1, 0.15) is 6.54 Å². The Bertz CT molecular complexity index is 383. The summed E-state index contributed by atoms with van der Waals surface area (Å²) in [5.41, 5.74) is 6.86. The number of hydrogen-bond donors (Lipinski definition) is 1. The Balaban J connectivity index is 0.00000162. The number of aryl methyl sites for hydroxylation is 1. The predicted molar refractivity (Wildman–Crippen MR) is 82.0 cm³/mol. The summed E-state index contributed by atoms with van der Waals surface area (Å²) in [5, 5.41) is 3.82. The van der Waals surface area contributed by atoms with E-state index in [2.05, 4.69) is 15.0 Å². The van der Waals surface area contributed by atoms with Gasteiger partial charge in [-0.1, -0.05) is 18.0 Å². The smallest absolute Gasteiger partial charge is 0.191 e. The maximum Gasteiger partial charge on any atom is 0.191 e. The average Bonchev–Trinajstić information content (AvgIpc) is 2.58. The molecule has 102 valence electrons. The van der Waals surface area contributed by atoms with Crippen molar-refractivity contribution in [1.29, 1.82) is 0 Å². The maximum absolute atomic E-state index is 5.99. The lowest BCUT2D eigenvalue weighted by atomic mass is 10.2. The largest absolute Gasteiger partial charge is 0.370 e.